The highest BCUT2D eigenvalue weighted by Gasteiger charge is 2.44. The molecule has 5 nitrogen and oxygen atoms in total. The van der Waals surface area contributed by atoms with Crippen molar-refractivity contribution >= 4 is 11.7 Å². The van der Waals surface area contributed by atoms with Gasteiger partial charge in [0, 0.05) is 17.2 Å². The minimum atomic E-state index is -0.397. The summed E-state index contributed by atoms with van der Waals surface area (Å²) in [5.74, 6) is 2.46. The summed E-state index contributed by atoms with van der Waals surface area (Å²) in [6.07, 6.45) is 7.91. The minimum Gasteiger partial charge on any atom is -0.497 e. The Morgan fingerprint density at radius 1 is 1.18 bits per heavy atom. The molecule has 3 rings (SSSR count). The normalized spacial score (nSPS) is 29.3. The van der Waals surface area contributed by atoms with E-state index in [4.69, 9.17) is 14.2 Å². The first-order valence-electron chi connectivity index (χ1n) is 13.2. The van der Waals surface area contributed by atoms with E-state index in [-0.39, 0.29) is 24.1 Å². The molecule has 1 heterocycles. The van der Waals surface area contributed by atoms with Gasteiger partial charge in [0.05, 0.1) is 25.9 Å². The monoisotopic (exact) mass is 459 g/mol. The second-order valence-corrected chi connectivity index (χ2v) is 10.4. The molecule has 0 aromatic heterocycles. The van der Waals surface area contributed by atoms with E-state index in [1.165, 1.54) is 12.8 Å². The van der Waals surface area contributed by atoms with Crippen LogP contribution in [0.3, 0.4) is 0 Å². The van der Waals surface area contributed by atoms with E-state index >= 15 is 0 Å². The van der Waals surface area contributed by atoms with Crippen LogP contribution < -0.4 is 10.1 Å². The first kappa shape index (κ1) is 25.9. The lowest BCUT2D eigenvalue weighted by molar-refractivity contribution is -0.151. The molecule has 1 aromatic rings. The van der Waals surface area contributed by atoms with Crippen LogP contribution in [0.4, 0.5) is 5.69 Å². The quantitative estimate of drug-likeness (QED) is 0.309. The Hall–Kier alpha value is -1.75. The van der Waals surface area contributed by atoms with Crippen LogP contribution >= 0.6 is 0 Å². The molecule has 0 spiro atoms. The smallest absolute Gasteiger partial charge is 0.328 e. The third-order valence-corrected chi connectivity index (χ3v) is 7.66. The lowest BCUT2D eigenvalue weighted by atomic mass is 9.74. The van der Waals surface area contributed by atoms with Crippen LogP contribution in [0.25, 0.3) is 0 Å². The van der Waals surface area contributed by atoms with Gasteiger partial charge < -0.3 is 19.5 Å². The Bertz CT molecular complexity index is 764. The van der Waals surface area contributed by atoms with Crippen molar-refractivity contribution in [3.63, 3.8) is 0 Å². The molecule has 1 saturated carbocycles. The Morgan fingerprint density at radius 2 is 1.97 bits per heavy atom. The third-order valence-electron chi connectivity index (χ3n) is 7.66. The van der Waals surface area contributed by atoms with Gasteiger partial charge in [0.15, 0.2) is 0 Å². The average molecular weight is 460 g/mol. The largest absolute Gasteiger partial charge is 0.497 e. The summed E-state index contributed by atoms with van der Waals surface area (Å²) in [5, 5.41) is 3.51. The third kappa shape index (κ3) is 6.23. The van der Waals surface area contributed by atoms with Crippen LogP contribution in [0.2, 0.25) is 0 Å². The molecule has 1 aliphatic heterocycles. The number of ether oxygens (including phenoxy) is 3. The van der Waals surface area contributed by atoms with Gasteiger partial charge in [0.25, 0.3) is 0 Å². The summed E-state index contributed by atoms with van der Waals surface area (Å²) in [7, 11) is 1.70. The molecule has 0 bridgehead atoms. The highest BCUT2D eigenvalue weighted by Crippen LogP contribution is 2.47. The number of carbonyl (C=O) groups is 1. The molecule has 0 saturated heterocycles. The summed E-state index contributed by atoms with van der Waals surface area (Å²) in [6.45, 7) is 11.4. The number of nitrogens with one attached hydrogen (secondary N) is 1. The number of anilines is 1. The van der Waals surface area contributed by atoms with Crippen molar-refractivity contribution in [2.45, 2.75) is 97.8 Å². The summed E-state index contributed by atoms with van der Waals surface area (Å²) in [4.78, 5) is 13.1. The Labute approximate surface area is 201 Å². The molecule has 33 heavy (non-hydrogen) atoms. The molecular formula is C28H45NO4. The zero-order chi connectivity index (χ0) is 24.0. The van der Waals surface area contributed by atoms with Gasteiger partial charge in [-0.25, -0.2) is 4.79 Å². The first-order valence-corrected chi connectivity index (χ1v) is 13.2. The van der Waals surface area contributed by atoms with E-state index in [9.17, 15) is 4.79 Å². The van der Waals surface area contributed by atoms with Crippen LogP contribution in [0.15, 0.2) is 18.2 Å². The molecular weight excluding hydrogens is 414 g/mol. The highest BCUT2D eigenvalue weighted by molar-refractivity contribution is 5.81. The second kappa shape index (κ2) is 12.1. The van der Waals surface area contributed by atoms with E-state index in [2.05, 4.69) is 39.1 Å². The van der Waals surface area contributed by atoms with Gasteiger partial charge in [-0.2, -0.15) is 0 Å². The summed E-state index contributed by atoms with van der Waals surface area (Å²) < 4.78 is 18.2. The van der Waals surface area contributed by atoms with E-state index in [0.717, 1.165) is 49.1 Å². The number of hydrogen-bond donors (Lipinski definition) is 1. The molecule has 0 unspecified atom stereocenters. The van der Waals surface area contributed by atoms with Gasteiger partial charge in [0.1, 0.15) is 11.8 Å². The summed E-state index contributed by atoms with van der Waals surface area (Å²) in [6, 6.07) is 5.66. The van der Waals surface area contributed by atoms with Crippen molar-refractivity contribution in [3.8, 4) is 5.75 Å². The Morgan fingerprint density at radius 3 is 2.64 bits per heavy atom. The average Bonchev–Trinajstić information content (AvgIpc) is 2.79. The number of esters is 1. The first-order chi connectivity index (χ1) is 15.9. The number of unbranched alkanes of at least 4 members (excludes halogenated alkanes) is 2. The fraction of sp³-hybridized carbons (Fsp3) is 0.750. The summed E-state index contributed by atoms with van der Waals surface area (Å²) in [5.41, 5.74) is 2.06. The maximum atomic E-state index is 13.1. The van der Waals surface area contributed by atoms with Crippen LogP contribution in [-0.2, 0) is 14.3 Å². The lowest BCUT2D eigenvalue weighted by Crippen LogP contribution is -2.47. The lowest BCUT2D eigenvalue weighted by Gasteiger charge is -2.44. The number of carbonyl (C=O) groups excluding carboxylic acids is 1. The van der Waals surface area contributed by atoms with Gasteiger partial charge in [-0.05, 0) is 62.1 Å². The fourth-order valence-electron chi connectivity index (χ4n) is 5.76. The standard InChI is InChI=1S/C28H45NO4/c1-7-9-10-11-22-26(28(30)32-8-2)29-24-15-13-20(31-6)17-23(24)27(22)33-25-16-19(5)12-14-21(25)18(3)4/h13,15,17-19,21-22,25-27,29H,7-12,14,16H2,1-6H3/t19-,21+,22-,25-,26-,27+/m1/s1. The number of hydrogen-bond acceptors (Lipinski definition) is 5. The molecule has 0 amide bonds. The Balaban J connectivity index is 2.00. The number of benzene rings is 1. The van der Waals surface area contributed by atoms with Gasteiger partial charge in [-0.1, -0.05) is 53.4 Å². The molecule has 1 N–H and O–H groups in total. The van der Waals surface area contributed by atoms with Gasteiger partial charge in [-0.15, -0.1) is 0 Å². The number of rotatable bonds is 10. The van der Waals surface area contributed by atoms with Crippen molar-refractivity contribution < 1.29 is 19.0 Å². The predicted molar refractivity (Wildman–Crippen MR) is 134 cm³/mol. The van der Waals surface area contributed by atoms with Crippen LogP contribution in [0.5, 0.6) is 5.75 Å². The highest BCUT2D eigenvalue weighted by atomic mass is 16.5. The van der Waals surface area contributed by atoms with E-state index in [1.807, 2.05) is 19.1 Å². The second-order valence-electron chi connectivity index (χ2n) is 10.4. The molecule has 5 heteroatoms. The number of methoxy groups -OCH3 is 1. The topological polar surface area (TPSA) is 56.8 Å². The van der Waals surface area contributed by atoms with Crippen LogP contribution in [0.1, 0.15) is 91.2 Å². The Kier molecular flexibility index (Phi) is 9.48. The molecule has 1 aromatic carbocycles. The van der Waals surface area contributed by atoms with Crippen LogP contribution in [0, 0.1) is 23.7 Å². The van der Waals surface area contributed by atoms with E-state index in [0.29, 0.717) is 24.4 Å². The van der Waals surface area contributed by atoms with Crippen molar-refractivity contribution in [1.82, 2.24) is 0 Å². The molecule has 186 valence electrons. The van der Waals surface area contributed by atoms with Crippen molar-refractivity contribution in [1.29, 1.82) is 0 Å². The SMILES string of the molecule is CCCCC[C@H]1[C@H](O[C@@H]2C[C@H](C)CC[C@H]2C(C)C)c2cc(OC)ccc2N[C@H]1C(=O)OCC. The van der Waals surface area contributed by atoms with E-state index in [1.54, 1.807) is 7.11 Å². The van der Waals surface area contributed by atoms with Crippen LogP contribution in [-0.4, -0.2) is 31.8 Å². The predicted octanol–water partition coefficient (Wildman–Crippen LogP) is 6.77. The zero-order valence-corrected chi connectivity index (χ0v) is 21.6. The van der Waals surface area contributed by atoms with Crippen molar-refractivity contribution in [2.24, 2.45) is 23.7 Å². The molecule has 0 radical (unpaired) electrons. The molecule has 1 fully saturated rings. The minimum absolute atomic E-state index is 0.0280. The van der Waals surface area contributed by atoms with E-state index < -0.39 is 6.04 Å². The number of fused-ring (bicyclic) bond motifs is 1. The van der Waals surface area contributed by atoms with Gasteiger partial charge >= 0.3 is 5.97 Å². The molecule has 2 aliphatic rings. The van der Waals surface area contributed by atoms with Crippen molar-refractivity contribution in [3.05, 3.63) is 23.8 Å². The van der Waals surface area contributed by atoms with Crippen molar-refractivity contribution in [2.75, 3.05) is 19.0 Å². The maximum Gasteiger partial charge on any atom is 0.328 e. The zero-order valence-electron chi connectivity index (χ0n) is 21.6. The summed E-state index contributed by atoms with van der Waals surface area (Å²) >= 11 is 0. The molecule has 1 aliphatic carbocycles. The van der Waals surface area contributed by atoms with Gasteiger partial charge in [-0.3, -0.25) is 0 Å². The van der Waals surface area contributed by atoms with Gasteiger partial charge in [0.2, 0.25) is 0 Å². The maximum absolute atomic E-state index is 13.1. The molecule has 6 atom stereocenters. The fourth-order valence-corrected chi connectivity index (χ4v) is 5.76.